The molecule has 106 valence electrons. The average molecular weight is 277 g/mol. The molecule has 1 aliphatic heterocycles. The molecular weight excluding hydrogens is 254 g/mol. The van der Waals surface area contributed by atoms with Crippen molar-refractivity contribution in [3.8, 4) is 0 Å². The topological polar surface area (TPSA) is 87.3 Å². The summed E-state index contributed by atoms with van der Waals surface area (Å²) in [7, 11) is -3.16. The van der Waals surface area contributed by atoms with Crippen LogP contribution in [-0.2, 0) is 14.8 Å². The van der Waals surface area contributed by atoms with Crippen LogP contribution in [0.2, 0.25) is 0 Å². The van der Waals surface area contributed by atoms with E-state index in [0.717, 1.165) is 38.6 Å². The number of nitrogens with one attached hydrogen (secondary N) is 3. The molecule has 1 rings (SSSR count). The third-order valence-electron chi connectivity index (χ3n) is 3.05. The Labute approximate surface area is 109 Å². The van der Waals surface area contributed by atoms with Crippen LogP contribution >= 0.6 is 0 Å². The van der Waals surface area contributed by atoms with E-state index in [1.54, 1.807) is 0 Å². The minimum atomic E-state index is -3.16. The molecule has 0 saturated carbocycles. The lowest BCUT2D eigenvalue weighted by Crippen LogP contribution is -2.34. The molecule has 0 radical (unpaired) electrons. The van der Waals surface area contributed by atoms with E-state index < -0.39 is 10.0 Å². The van der Waals surface area contributed by atoms with Gasteiger partial charge in [0.1, 0.15) is 0 Å². The smallest absolute Gasteiger partial charge is 0.220 e. The minimum Gasteiger partial charge on any atom is -0.355 e. The number of carbonyl (C=O) groups excluding carboxylic acids is 1. The standard InChI is InChI=1S/C11H23N3O3S/c1-18(16,17)14-9-8-13-11(15)3-2-10-4-6-12-7-5-10/h10,12,14H,2-9H2,1H3,(H,13,15). The van der Waals surface area contributed by atoms with E-state index in [-0.39, 0.29) is 12.5 Å². The van der Waals surface area contributed by atoms with Gasteiger partial charge in [-0.3, -0.25) is 4.79 Å². The van der Waals surface area contributed by atoms with E-state index in [4.69, 9.17) is 0 Å². The Kier molecular flexibility index (Phi) is 6.59. The van der Waals surface area contributed by atoms with Gasteiger partial charge in [0.15, 0.2) is 0 Å². The summed E-state index contributed by atoms with van der Waals surface area (Å²) < 4.78 is 23.9. The van der Waals surface area contributed by atoms with Crippen molar-refractivity contribution in [3.05, 3.63) is 0 Å². The second-order valence-electron chi connectivity index (χ2n) is 4.75. The lowest BCUT2D eigenvalue weighted by atomic mass is 9.93. The summed E-state index contributed by atoms with van der Waals surface area (Å²) in [6.07, 6.45) is 4.84. The van der Waals surface area contributed by atoms with Gasteiger partial charge >= 0.3 is 0 Å². The highest BCUT2D eigenvalue weighted by Crippen LogP contribution is 2.17. The molecule has 0 aromatic heterocycles. The van der Waals surface area contributed by atoms with Crippen molar-refractivity contribution in [2.24, 2.45) is 5.92 Å². The largest absolute Gasteiger partial charge is 0.355 e. The van der Waals surface area contributed by atoms with Gasteiger partial charge in [-0.25, -0.2) is 13.1 Å². The van der Waals surface area contributed by atoms with Crippen molar-refractivity contribution < 1.29 is 13.2 Å². The molecule has 0 spiro atoms. The molecule has 1 saturated heterocycles. The molecule has 0 unspecified atom stereocenters. The molecule has 1 amide bonds. The number of sulfonamides is 1. The maximum Gasteiger partial charge on any atom is 0.220 e. The number of hydrogen-bond acceptors (Lipinski definition) is 4. The first-order valence-corrected chi connectivity index (χ1v) is 8.28. The number of amides is 1. The fourth-order valence-corrected chi connectivity index (χ4v) is 2.51. The molecule has 1 heterocycles. The Morgan fingerprint density at radius 1 is 1.28 bits per heavy atom. The van der Waals surface area contributed by atoms with Crippen molar-refractivity contribution in [1.29, 1.82) is 0 Å². The van der Waals surface area contributed by atoms with E-state index in [0.29, 0.717) is 18.9 Å². The average Bonchev–Trinajstić information content (AvgIpc) is 2.32. The summed E-state index contributed by atoms with van der Waals surface area (Å²) in [4.78, 5) is 11.5. The molecule has 6 nitrogen and oxygen atoms in total. The summed E-state index contributed by atoms with van der Waals surface area (Å²) in [5.74, 6) is 0.648. The lowest BCUT2D eigenvalue weighted by Gasteiger charge is -2.22. The van der Waals surface area contributed by atoms with E-state index in [1.807, 2.05) is 0 Å². The fourth-order valence-electron chi connectivity index (χ4n) is 2.03. The molecule has 0 aliphatic carbocycles. The third-order valence-corrected chi connectivity index (χ3v) is 3.78. The number of piperidine rings is 1. The highest BCUT2D eigenvalue weighted by molar-refractivity contribution is 7.88. The normalized spacial score (nSPS) is 17.6. The summed E-state index contributed by atoms with van der Waals surface area (Å²) in [6.45, 7) is 2.69. The van der Waals surface area contributed by atoms with E-state index >= 15 is 0 Å². The second kappa shape index (κ2) is 7.70. The maximum atomic E-state index is 11.5. The molecule has 3 N–H and O–H groups in total. The summed E-state index contributed by atoms with van der Waals surface area (Å²) in [5, 5.41) is 6.01. The summed E-state index contributed by atoms with van der Waals surface area (Å²) >= 11 is 0. The zero-order chi connectivity index (χ0) is 13.4. The van der Waals surface area contributed by atoms with Crippen molar-refractivity contribution in [1.82, 2.24) is 15.4 Å². The van der Waals surface area contributed by atoms with Crippen molar-refractivity contribution >= 4 is 15.9 Å². The molecule has 0 aromatic rings. The minimum absolute atomic E-state index is 0.00355. The van der Waals surface area contributed by atoms with Crippen LogP contribution in [-0.4, -0.2) is 46.8 Å². The van der Waals surface area contributed by atoms with Crippen LogP contribution in [0.15, 0.2) is 0 Å². The van der Waals surface area contributed by atoms with Gasteiger partial charge < -0.3 is 10.6 Å². The van der Waals surface area contributed by atoms with E-state index in [2.05, 4.69) is 15.4 Å². The lowest BCUT2D eigenvalue weighted by molar-refractivity contribution is -0.121. The van der Waals surface area contributed by atoms with Crippen LogP contribution < -0.4 is 15.4 Å². The van der Waals surface area contributed by atoms with Crippen molar-refractivity contribution in [3.63, 3.8) is 0 Å². The van der Waals surface area contributed by atoms with Gasteiger partial charge in [0.05, 0.1) is 6.26 Å². The molecule has 7 heteroatoms. The van der Waals surface area contributed by atoms with Gasteiger partial charge in [-0.2, -0.15) is 0 Å². The monoisotopic (exact) mass is 277 g/mol. The SMILES string of the molecule is CS(=O)(=O)NCCNC(=O)CCC1CCNCC1. The highest BCUT2D eigenvalue weighted by Gasteiger charge is 2.14. The molecule has 1 fully saturated rings. The van der Waals surface area contributed by atoms with Gasteiger partial charge in [0.25, 0.3) is 0 Å². The van der Waals surface area contributed by atoms with Gasteiger partial charge in [-0.15, -0.1) is 0 Å². The summed E-state index contributed by atoms with van der Waals surface area (Å²) in [6, 6.07) is 0. The van der Waals surface area contributed by atoms with Crippen molar-refractivity contribution in [2.75, 3.05) is 32.4 Å². The first-order valence-electron chi connectivity index (χ1n) is 6.39. The zero-order valence-electron chi connectivity index (χ0n) is 10.9. The van der Waals surface area contributed by atoms with Crippen LogP contribution in [0, 0.1) is 5.92 Å². The van der Waals surface area contributed by atoms with Gasteiger partial charge in [-0.1, -0.05) is 0 Å². The van der Waals surface area contributed by atoms with Crippen LogP contribution in [0.4, 0.5) is 0 Å². The molecule has 18 heavy (non-hydrogen) atoms. The van der Waals surface area contributed by atoms with Gasteiger partial charge in [0, 0.05) is 19.5 Å². The fraction of sp³-hybridized carbons (Fsp3) is 0.909. The first-order chi connectivity index (χ1) is 8.47. The number of carbonyl (C=O) groups is 1. The van der Waals surface area contributed by atoms with Gasteiger partial charge in [0.2, 0.25) is 15.9 Å². The maximum absolute atomic E-state index is 11.5. The molecule has 0 aromatic carbocycles. The Bertz CT molecular complexity index is 351. The van der Waals surface area contributed by atoms with E-state index in [9.17, 15) is 13.2 Å². The quantitative estimate of drug-likeness (QED) is 0.544. The first kappa shape index (κ1) is 15.4. The van der Waals surface area contributed by atoms with Crippen LogP contribution in [0.1, 0.15) is 25.7 Å². The number of rotatable bonds is 7. The van der Waals surface area contributed by atoms with Crippen LogP contribution in [0.5, 0.6) is 0 Å². The zero-order valence-corrected chi connectivity index (χ0v) is 11.7. The van der Waals surface area contributed by atoms with Crippen LogP contribution in [0.3, 0.4) is 0 Å². The predicted molar refractivity (Wildman–Crippen MR) is 70.7 cm³/mol. The summed E-state index contributed by atoms with van der Waals surface area (Å²) in [5.41, 5.74) is 0. The van der Waals surface area contributed by atoms with Gasteiger partial charge in [-0.05, 0) is 38.3 Å². The molecule has 1 aliphatic rings. The molecule has 0 atom stereocenters. The molecule has 0 bridgehead atoms. The third kappa shape index (κ3) is 7.62. The van der Waals surface area contributed by atoms with E-state index in [1.165, 1.54) is 0 Å². The Morgan fingerprint density at radius 2 is 1.94 bits per heavy atom. The highest BCUT2D eigenvalue weighted by atomic mass is 32.2. The number of hydrogen-bond donors (Lipinski definition) is 3. The predicted octanol–water partition coefficient (Wildman–Crippen LogP) is -0.568. The Morgan fingerprint density at radius 3 is 2.56 bits per heavy atom. The van der Waals surface area contributed by atoms with Crippen LogP contribution in [0.25, 0.3) is 0 Å². The Hall–Kier alpha value is -0.660. The Balaban J connectivity index is 2.03. The van der Waals surface area contributed by atoms with Crippen molar-refractivity contribution in [2.45, 2.75) is 25.7 Å². The second-order valence-corrected chi connectivity index (χ2v) is 6.58. The molecular formula is C11H23N3O3S.